The Morgan fingerprint density at radius 1 is 0.931 bits per heavy atom. The van der Waals surface area contributed by atoms with E-state index in [-0.39, 0.29) is 6.03 Å². The summed E-state index contributed by atoms with van der Waals surface area (Å²) in [4.78, 5) is 20.3. The normalized spacial score (nSPS) is 14.8. The van der Waals surface area contributed by atoms with Gasteiger partial charge in [0.25, 0.3) is 0 Å². The molecule has 1 saturated heterocycles. The van der Waals surface area contributed by atoms with Crippen LogP contribution < -0.4 is 15.5 Å². The van der Waals surface area contributed by atoms with E-state index >= 15 is 0 Å². The Hall–Kier alpha value is -2.99. The number of amides is 2. The third kappa shape index (κ3) is 5.09. The number of urea groups is 1. The van der Waals surface area contributed by atoms with E-state index in [1.165, 1.54) is 5.69 Å². The fourth-order valence-corrected chi connectivity index (χ4v) is 3.87. The first-order valence-electron chi connectivity index (χ1n) is 10.4. The molecular formula is C23H29N5O. The van der Waals surface area contributed by atoms with Crippen LogP contribution in [0.2, 0.25) is 0 Å². The largest absolute Gasteiger partial charge is 0.369 e. The minimum atomic E-state index is -0.147. The van der Waals surface area contributed by atoms with Gasteiger partial charge in [-0.2, -0.15) is 0 Å². The fourth-order valence-electron chi connectivity index (χ4n) is 3.87. The van der Waals surface area contributed by atoms with E-state index in [9.17, 15) is 4.79 Å². The van der Waals surface area contributed by atoms with E-state index < -0.39 is 0 Å². The molecule has 6 nitrogen and oxygen atoms in total. The van der Waals surface area contributed by atoms with Crippen LogP contribution in [-0.2, 0) is 0 Å². The third-order valence-corrected chi connectivity index (χ3v) is 5.52. The van der Waals surface area contributed by atoms with Crippen LogP contribution in [0.5, 0.6) is 0 Å². The van der Waals surface area contributed by atoms with Crippen molar-refractivity contribution in [1.29, 1.82) is 0 Å². The number of carbonyl (C=O) groups excluding carboxylic acids is 1. The maximum atomic E-state index is 12.1. The zero-order chi connectivity index (χ0) is 19.9. The monoisotopic (exact) mass is 391 g/mol. The summed E-state index contributed by atoms with van der Waals surface area (Å²) >= 11 is 0. The molecule has 3 N–H and O–H groups in total. The van der Waals surface area contributed by atoms with E-state index in [4.69, 9.17) is 0 Å². The first-order valence-corrected chi connectivity index (χ1v) is 10.4. The van der Waals surface area contributed by atoms with Gasteiger partial charge in [-0.25, -0.2) is 4.79 Å². The van der Waals surface area contributed by atoms with Crippen molar-refractivity contribution in [3.63, 3.8) is 0 Å². The quantitative estimate of drug-likeness (QED) is 0.536. The van der Waals surface area contributed by atoms with Crippen molar-refractivity contribution in [2.45, 2.75) is 12.8 Å². The number of piperazine rings is 1. The third-order valence-electron chi connectivity index (χ3n) is 5.52. The lowest BCUT2D eigenvalue weighted by molar-refractivity contribution is 0.247. The van der Waals surface area contributed by atoms with Gasteiger partial charge in [0.2, 0.25) is 0 Å². The van der Waals surface area contributed by atoms with Gasteiger partial charge in [-0.15, -0.1) is 0 Å². The molecule has 0 saturated carbocycles. The Labute approximate surface area is 171 Å². The molecule has 1 aliphatic heterocycles. The number of fused-ring (bicyclic) bond motifs is 1. The molecule has 1 fully saturated rings. The number of H-pyrrole nitrogens is 1. The van der Waals surface area contributed by atoms with E-state index in [2.05, 4.69) is 55.7 Å². The summed E-state index contributed by atoms with van der Waals surface area (Å²) in [7, 11) is 0. The molecule has 4 rings (SSSR count). The number of nitrogens with zero attached hydrogens (tertiary/aromatic N) is 2. The molecule has 2 heterocycles. The van der Waals surface area contributed by atoms with Gasteiger partial charge < -0.3 is 20.5 Å². The molecule has 0 bridgehead atoms. The van der Waals surface area contributed by atoms with Crippen molar-refractivity contribution in [2.75, 3.05) is 49.5 Å². The molecule has 0 unspecified atom stereocenters. The second kappa shape index (κ2) is 9.47. The number of aromatic amines is 1. The van der Waals surface area contributed by atoms with Crippen LogP contribution in [0.15, 0.2) is 60.8 Å². The fraction of sp³-hybridized carbons (Fsp3) is 0.348. The molecular weight excluding hydrogens is 362 g/mol. The molecule has 0 aliphatic carbocycles. The average molecular weight is 392 g/mol. The lowest BCUT2D eigenvalue weighted by atomic mass is 10.2. The Balaban J connectivity index is 1.11. The Bertz CT molecular complexity index is 915. The van der Waals surface area contributed by atoms with E-state index in [1.807, 2.05) is 30.5 Å². The molecule has 1 aliphatic rings. The zero-order valence-electron chi connectivity index (χ0n) is 16.7. The highest BCUT2D eigenvalue weighted by Crippen LogP contribution is 2.22. The van der Waals surface area contributed by atoms with Crippen LogP contribution >= 0.6 is 0 Å². The summed E-state index contributed by atoms with van der Waals surface area (Å²) in [6.45, 7) is 6.14. The van der Waals surface area contributed by atoms with Gasteiger partial charge >= 0.3 is 6.03 Å². The number of rotatable bonds is 7. The molecule has 3 aromatic rings. The average Bonchev–Trinajstić information content (AvgIpc) is 3.17. The Morgan fingerprint density at radius 2 is 1.69 bits per heavy atom. The highest BCUT2D eigenvalue weighted by atomic mass is 16.2. The number of benzene rings is 2. The standard InChI is InChI=1S/C23H29N5O/c29-23(26-22-18-25-21-11-5-4-10-20(21)22)24-12-6-7-13-27-14-16-28(17-15-27)19-8-2-1-3-9-19/h1-5,8-11,18,25H,6-7,12-17H2,(H2,24,26,29). The van der Waals surface area contributed by atoms with Crippen LogP contribution in [0, 0.1) is 0 Å². The number of unbranched alkanes of at least 4 members (excludes halogenated alkanes) is 1. The molecule has 0 radical (unpaired) electrons. The van der Waals surface area contributed by atoms with Crippen LogP contribution in [0.4, 0.5) is 16.2 Å². The lowest BCUT2D eigenvalue weighted by Gasteiger charge is -2.36. The van der Waals surface area contributed by atoms with Crippen molar-refractivity contribution in [3.05, 3.63) is 60.8 Å². The van der Waals surface area contributed by atoms with Crippen molar-refractivity contribution < 1.29 is 4.79 Å². The van der Waals surface area contributed by atoms with Crippen LogP contribution in [-0.4, -0.2) is 55.2 Å². The number of carbonyl (C=O) groups is 1. The molecule has 2 aromatic carbocycles. The van der Waals surface area contributed by atoms with Gasteiger partial charge in [-0.1, -0.05) is 36.4 Å². The number of nitrogens with one attached hydrogen (secondary N) is 3. The Kier molecular flexibility index (Phi) is 6.32. The first kappa shape index (κ1) is 19.3. The number of para-hydroxylation sites is 2. The molecule has 0 spiro atoms. The lowest BCUT2D eigenvalue weighted by Crippen LogP contribution is -2.46. The highest BCUT2D eigenvalue weighted by molar-refractivity contribution is 6.00. The van der Waals surface area contributed by atoms with Gasteiger partial charge in [-0.05, 0) is 37.6 Å². The maximum absolute atomic E-state index is 12.1. The predicted molar refractivity (Wildman–Crippen MR) is 120 cm³/mol. The molecule has 29 heavy (non-hydrogen) atoms. The predicted octanol–water partition coefficient (Wildman–Crippen LogP) is 3.89. The van der Waals surface area contributed by atoms with Crippen LogP contribution in [0.25, 0.3) is 10.9 Å². The molecule has 152 valence electrons. The first-order chi connectivity index (χ1) is 14.3. The molecule has 1 aromatic heterocycles. The maximum Gasteiger partial charge on any atom is 0.319 e. The second-order valence-corrected chi connectivity index (χ2v) is 7.50. The summed E-state index contributed by atoms with van der Waals surface area (Å²) in [6.07, 6.45) is 3.91. The number of hydrogen-bond donors (Lipinski definition) is 3. The van der Waals surface area contributed by atoms with Gasteiger partial charge in [0.05, 0.1) is 5.69 Å². The number of aromatic nitrogens is 1. The van der Waals surface area contributed by atoms with Gasteiger partial charge in [0, 0.05) is 55.5 Å². The minimum Gasteiger partial charge on any atom is -0.369 e. The van der Waals surface area contributed by atoms with Crippen molar-refractivity contribution in [1.82, 2.24) is 15.2 Å². The summed E-state index contributed by atoms with van der Waals surface area (Å²) < 4.78 is 0. The number of hydrogen-bond acceptors (Lipinski definition) is 3. The second-order valence-electron chi connectivity index (χ2n) is 7.50. The number of anilines is 2. The van der Waals surface area contributed by atoms with E-state index in [0.717, 1.165) is 62.2 Å². The molecule has 0 atom stereocenters. The summed E-state index contributed by atoms with van der Waals surface area (Å²) in [5, 5.41) is 6.91. The van der Waals surface area contributed by atoms with Gasteiger partial charge in [-0.3, -0.25) is 4.90 Å². The summed E-state index contributed by atoms with van der Waals surface area (Å²) in [5.41, 5.74) is 3.15. The van der Waals surface area contributed by atoms with E-state index in [1.54, 1.807) is 0 Å². The van der Waals surface area contributed by atoms with Gasteiger partial charge in [0.15, 0.2) is 0 Å². The van der Waals surface area contributed by atoms with Crippen molar-refractivity contribution in [2.24, 2.45) is 0 Å². The van der Waals surface area contributed by atoms with Crippen molar-refractivity contribution in [3.8, 4) is 0 Å². The van der Waals surface area contributed by atoms with E-state index in [0.29, 0.717) is 6.54 Å². The SMILES string of the molecule is O=C(NCCCCN1CCN(c2ccccc2)CC1)Nc1c[nH]c2ccccc12. The smallest absolute Gasteiger partial charge is 0.319 e. The van der Waals surface area contributed by atoms with Crippen molar-refractivity contribution >= 4 is 28.3 Å². The van der Waals surface area contributed by atoms with Gasteiger partial charge in [0.1, 0.15) is 0 Å². The molecule has 6 heteroatoms. The Morgan fingerprint density at radius 3 is 2.52 bits per heavy atom. The topological polar surface area (TPSA) is 63.4 Å². The molecule has 2 amide bonds. The minimum absolute atomic E-state index is 0.147. The zero-order valence-corrected chi connectivity index (χ0v) is 16.7. The summed E-state index contributed by atoms with van der Waals surface area (Å²) in [5.74, 6) is 0. The van der Waals surface area contributed by atoms with Crippen LogP contribution in [0.3, 0.4) is 0 Å². The highest BCUT2D eigenvalue weighted by Gasteiger charge is 2.16. The summed E-state index contributed by atoms with van der Waals surface area (Å²) in [6, 6.07) is 18.4. The van der Waals surface area contributed by atoms with Crippen LogP contribution in [0.1, 0.15) is 12.8 Å².